The third-order valence-electron chi connectivity index (χ3n) is 3.37. The van der Waals surface area contributed by atoms with E-state index in [0.29, 0.717) is 23.0 Å². The lowest BCUT2D eigenvalue weighted by Gasteiger charge is -2.14. The first kappa shape index (κ1) is 18.1. The minimum Gasteiger partial charge on any atom is -0.449 e. The molecule has 6 heteroatoms. The first-order valence-corrected chi connectivity index (χ1v) is 8.24. The van der Waals surface area contributed by atoms with Gasteiger partial charge in [0.15, 0.2) is 6.10 Å². The van der Waals surface area contributed by atoms with E-state index in [0.717, 1.165) is 5.56 Å². The number of carbonyl (C=O) groups is 2. The molecule has 1 amide bonds. The van der Waals surface area contributed by atoms with Gasteiger partial charge in [-0.3, -0.25) is 4.79 Å². The highest BCUT2D eigenvalue weighted by molar-refractivity contribution is 9.10. The predicted octanol–water partition coefficient (Wildman–Crippen LogP) is 3.49. The number of rotatable bonds is 6. The molecule has 24 heavy (non-hydrogen) atoms. The largest absolute Gasteiger partial charge is 0.449 e. The maximum Gasteiger partial charge on any atom is 0.340 e. The molecular weight excluding hydrogens is 377 g/mol. The third kappa shape index (κ3) is 5.16. The molecule has 2 rings (SSSR count). The molecule has 0 aliphatic heterocycles. The minimum absolute atomic E-state index is 0.296. The van der Waals surface area contributed by atoms with E-state index >= 15 is 0 Å². The summed E-state index contributed by atoms with van der Waals surface area (Å²) < 4.78 is 18.6. The highest BCUT2D eigenvalue weighted by Crippen LogP contribution is 2.17. The molecule has 0 saturated carbocycles. The van der Waals surface area contributed by atoms with Crippen LogP contribution < -0.4 is 5.32 Å². The maximum atomic E-state index is 12.8. The van der Waals surface area contributed by atoms with Crippen LogP contribution in [0.25, 0.3) is 0 Å². The summed E-state index contributed by atoms with van der Waals surface area (Å²) in [5, 5.41) is 2.70. The van der Waals surface area contributed by atoms with Crippen molar-refractivity contribution in [3.8, 4) is 0 Å². The van der Waals surface area contributed by atoms with E-state index in [1.54, 1.807) is 36.4 Å². The number of ether oxygens (including phenoxy) is 1. The molecule has 0 bridgehead atoms. The lowest BCUT2D eigenvalue weighted by molar-refractivity contribution is -0.129. The van der Waals surface area contributed by atoms with Gasteiger partial charge in [0.1, 0.15) is 5.82 Å². The van der Waals surface area contributed by atoms with Crippen LogP contribution in [-0.4, -0.2) is 24.5 Å². The fraction of sp³-hybridized carbons (Fsp3) is 0.222. The van der Waals surface area contributed by atoms with Gasteiger partial charge in [-0.1, -0.05) is 24.3 Å². The average Bonchev–Trinajstić information content (AvgIpc) is 2.56. The second-order valence-electron chi connectivity index (χ2n) is 5.19. The van der Waals surface area contributed by atoms with Gasteiger partial charge in [-0.15, -0.1) is 0 Å². The Kier molecular flexibility index (Phi) is 6.49. The third-order valence-corrected chi connectivity index (χ3v) is 4.06. The van der Waals surface area contributed by atoms with Gasteiger partial charge in [-0.25, -0.2) is 9.18 Å². The van der Waals surface area contributed by atoms with Crippen molar-refractivity contribution in [2.45, 2.75) is 19.4 Å². The molecule has 2 aromatic rings. The zero-order valence-corrected chi connectivity index (χ0v) is 14.7. The van der Waals surface area contributed by atoms with Gasteiger partial charge in [0.25, 0.3) is 5.91 Å². The summed E-state index contributed by atoms with van der Waals surface area (Å²) >= 11 is 3.27. The molecule has 0 radical (unpaired) electrons. The number of hydrogen-bond acceptors (Lipinski definition) is 3. The van der Waals surface area contributed by atoms with Crippen molar-refractivity contribution in [1.29, 1.82) is 0 Å². The molecule has 0 saturated heterocycles. The molecule has 0 unspecified atom stereocenters. The molecular formula is C18H17BrFNO3. The fourth-order valence-electron chi connectivity index (χ4n) is 2.03. The number of hydrogen-bond donors (Lipinski definition) is 1. The second-order valence-corrected chi connectivity index (χ2v) is 6.05. The number of benzene rings is 2. The summed E-state index contributed by atoms with van der Waals surface area (Å²) in [6.07, 6.45) is -0.338. The SMILES string of the molecule is C[C@@H](OC(=O)c1ccccc1Br)C(=O)NCCc1ccc(F)cc1. The first-order valence-electron chi connectivity index (χ1n) is 7.45. The highest BCUT2D eigenvalue weighted by Gasteiger charge is 2.19. The zero-order chi connectivity index (χ0) is 17.5. The molecule has 0 aliphatic rings. The Balaban J connectivity index is 1.80. The summed E-state index contributed by atoms with van der Waals surface area (Å²) in [5.74, 6) is -1.24. The molecule has 0 aromatic heterocycles. The standard InChI is InChI=1S/C18H17BrFNO3/c1-12(24-18(23)15-4-2-3-5-16(15)19)17(22)21-11-10-13-6-8-14(20)9-7-13/h2-9,12H,10-11H2,1H3,(H,21,22)/t12-/m1/s1. The highest BCUT2D eigenvalue weighted by atomic mass is 79.9. The van der Waals surface area contributed by atoms with Gasteiger partial charge in [0.2, 0.25) is 0 Å². The van der Waals surface area contributed by atoms with Crippen molar-refractivity contribution in [3.63, 3.8) is 0 Å². The number of amides is 1. The molecule has 0 aliphatic carbocycles. The molecule has 0 spiro atoms. The molecule has 4 nitrogen and oxygen atoms in total. The van der Waals surface area contributed by atoms with Gasteiger partial charge < -0.3 is 10.1 Å². The van der Waals surface area contributed by atoms with Crippen LogP contribution in [0.2, 0.25) is 0 Å². The van der Waals surface area contributed by atoms with Crippen LogP contribution in [-0.2, 0) is 16.0 Å². The van der Waals surface area contributed by atoms with Crippen molar-refractivity contribution in [2.24, 2.45) is 0 Å². The average molecular weight is 394 g/mol. The molecule has 126 valence electrons. The van der Waals surface area contributed by atoms with Crippen LogP contribution in [0.5, 0.6) is 0 Å². The lowest BCUT2D eigenvalue weighted by Crippen LogP contribution is -2.37. The van der Waals surface area contributed by atoms with Gasteiger partial charge in [0.05, 0.1) is 5.56 Å². The second kappa shape index (κ2) is 8.59. The van der Waals surface area contributed by atoms with E-state index < -0.39 is 12.1 Å². The van der Waals surface area contributed by atoms with Gasteiger partial charge in [-0.05, 0) is 59.1 Å². The first-order chi connectivity index (χ1) is 11.5. The number of nitrogens with one attached hydrogen (secondary N) is 1. The van der Waals surface area contributed by atoms with E-state index in [1.165, 1.54) is 19.1 Å². The van der Waals surface area contributed by atoms with Crippen molar-refractivity contribution in [3.05, 3.63) is 69.9 Å². The number of esters is 1. The van der Waals surface area contributed by atoms with Crippen molar-refractivity contribution >= 4 is 27.8 Å². The van der Waals surface area contributed by atoms with Crippen molar-refractivity contribution in [2.75, 3.05) is 6.54 Å². The van der Waals surface area contributed by atoms with E-state index in [2.05, 4.69) is 21.2 Å². The summed E-state index contributed by atoms with van der Waals surface area (Å²) in [6, 6.07) is 12.9. The number of carbonyl (C=O) groups excluding carboxylic acids is 2. The van der Waals surface area contributed by atoms with Crippen LogP contribution in [0.15, 0.2) is 53.0 Å². The summed E-state index contributed by atoms with van der Waals surface area (Å²) in [5.41, 5.74) is 1.28. The van der Waals surface area contributed by atoms with Gasteiger partial charge in [0, 0.05) is 11.0 Å². The molecule has 1 N–H and O–H groups in total. The van der Waals surface area contributed by atoms with E-state index in [9.17, 15) is 14.0 Å². The zero-order valence-electron chi connectivity index (χ0n) is 13.1. The van der Waals surface area contributed by atoms with E-state index in [1.807, 2.05) is 0 Å². The minimum atomic E-state index is -0.905. The topological polar surface area (TPSA) is 55.4 Å². The Labute approximate surface area is 148 Å². The quantitative estimate of drug-likeness (QED) is 0.764. The Morgan fingerprint density at radius 3 is 2.50 bits per heavy atom. The van der Waals surface area contributed by atoms with Crippen LogP contribution in [0.3, 0.4) is 0 Å². The van der Waals surface area contributed by atoms with Crippen LogP contribution >= 0.6 is 15.9 Å². The molecule has 0 fully saturated rings. The Hall–Kier alpha value is -2.21. The van der Waals surface area contributed by atoms with E-state index in [4.69, 9.17) is 4.74 Å². The number of halogens is 2. The Bertz CT molecular complexity index is 718. The monoisotopic (exact) mass is 393 g/mol. The van der Waals surface area contributed by atoms with Crippen LogP contribution in [0.4, 0.5) is 4.39 Å². The molecule has 2 aromatic carbocycles. The van der Waals surface area contributed by atoms with Gasteiger partial charge >= 0.3 is 5.97 Å². The lowest BCUT2D eigenvalue weighted by atomic mass is 10.1. The Morgan fingerprint density at radius 2 is 1.83 bits per heavy atom. The normalized spacial score (nSPS) is 11.6. The smallest absolute Gasteiger partial charge is 0.340 e. The molecule has 1 atom stereocenters. The van der Waals surface area contributed by atoms with Crippen molar-refractivity contribution < 1.29 is 18.7 Å². The van der Waals surface area contributed by atoms with Crippen LogP contribution in [0, 0.1) is 5.82 Å². The van der Waals surface area contributed by atoms with Crippen molar-refractivity contribution in [1.82, 2.24) is 5.32 Å². The fourth-order valence-corrected chi connectivity index (χ4v) is 2.48. The van der Waals surface area contributed by atoms with Crippen LogP contribution in [0.1, 0.15) is 22.8 Å². The van der Waals surface area contributed by atoms with E-state index in [-0.39, 0.29) is 11.7 Å². The predicted molar refractivity (Wildman–Crippen MR) is 92.1 cm³/mol. The summed E-state index contributed by atoms with van der Waals surface area (Å²) in [6.45, 7) is 1.89. The Morgan fingerprint density at radius 1 is 1.17 bits per heavy atom. The maximum absolute atomic E-state index is 12.8. The van der Waals surface area contributed by atoms with Gasteiger partial charge in [-0.2, -0.15) is 0 Å². The molecule has 0 heterocycles. The summed E-state index contributed by atoms with van der Waals surface area (Å²) in [4.78, 5) is 24.0. The summed E-state index contributed by atoms with van der Waals surface area (Å²) in [7, 11) is 0.